The molecule has 3 nitrogen and oxygen atoms in total. The number of anilines is 1. The summed E-state index contributed by atoms with van der Waals surface area (Å²) >= 11 is 0. The lowest BCUT2D eigenvalue weighted by Gasteiger charge is -2.27. The van der Waals surface area contributed by atoms with Crippen molar-refractivity contribution in [1.29, 1.82) is 0 Å². The maximum Gasteiger partial charge on any atom is 0.225 e. The Labute approximate surface area is 128 Å². The van der Waals surface area contributed by atoms with Crippen LogP contribution >= 0.6 is 0 Å². The van der Waals surface area contributed by atoms with Crippen LogP contribution in [0.5, 0.6) is 0 Å². The van der Waals surface area contributed by atoms with E-state index in [-0.39, 0.29) is 5.92 Å². The number of hydrogen-bond acceptors (Lipinski definition) is 2. The molecule has 1 aliphatic rings. The van der Waals surface area contributed by atoms with Crippen molar-refractivity contribution in [2.45, 2.75) is 58.4 Å². The molecule has 0 bridgehead atoms. The lowest BCUT2D eigenvalue weighted by molar-refractivity contribution is -0.136. The molecule has 0 spiro atoms. The zero-order valence-corrected chi connectivity index (χ0v) is 13.2. The van der Waals surface area contributed by atoms with Gasteiger partial charge >= 0.3 is 0 Å². The van der Waals surface area contributed by atoms with E-state index in [4.69, 9.17) is 5.73 Å². The first kappa shape index (κ1) is 15.9. The number of benzene rings is 1. The minimum Gasteiger partial charge on any atom is -0.398 e. The first-order valence-corrected chi connectivity index (χ1v) is 8.34. The smallest absolute Gasteiger partial charge is 0.225 e. The fourth-order valence-corrected chi connectivity index (χ4v) is 3.21. The number of para-hydroxylation sites is 1. The molecular weight excluding hydrogens is 260 g/mol. The molecule has 0 radical (unpaired) electrons. The topological polar surface area (TPSA) is 46.3 Å². The third-order valence-corrected chi connectivity index (χ3v) is 4.43. The maximum atomic E-state index is 12.8. The molecule has 2 rings (SSSR count). The molecule has 21 heavy (non-hydrogen) atoms. The highest BCUT2D eigenvalue weighted by Crippen LogP contribution is 2.26. The minimum absolute atomic E-state index is 0.226. The Morgan fingerprint density at radius 3 is 2.48 bits per heavy atom. The lowest BCUT2D eigenvalue weighted by atomic mass is 9.98. The van der Waals surface area contributed by atoms with Gasteiger partial charge in [0.05, 0.1) is 0 Å². The largest absolute Gasteiger partial charge is 0.398 e. The van der Waals surface area contributed by atoms with Gasteiger partial charge in [-0.25, -0.2) is 0 Å². The van der Waals surface area contributed by atoms with Gasteiger partial charge in [-0.1, -0.05) is 50.8 Å². The molecular formula is C18H28N2O. The van der Waals surface area contributed by atoms with Crippen LogP contribution in [0.2, 0.25) is 0 Å². The van der Waals surface area contributed by atoms with Gasteiger partial charge in [-0.2, -0.15) is 0 Å². The number of amides is 1. The van der Waals surface area contributed by atoms with Crippen LogP contribution in [-0.2, 0) is 11.3 Å². The van der Waals surface area contributed by atoms with Crippen molar-refractivity contribution >= 4 is 11.6 Å². The molecule has 0 atom stereocenters. The van der Waals surface area contributed by atoms with Gasteiger partial charge in [0, 0.05) is 24.7 Å². The van der Waals surface area contributed by atoms with Gasteiger partial charge in [0.1, 0.15) is 0 Å². The van der Waals surface area contributed by atoms with E-state index in [9.17, 15) is 4.79 Å². The van der Waals surface area contributed by atoms with Crippen molar-refractivity contribution in [3.63, 3.8) is 0 Å². The van der Waals surface area contributed by atoms with Gasteiger partial charge in [0.2, 0.25) is 5.91 Å². The first-order chi connectivity index (χ1) is 10.2. The normalized spacial score (nSPS) is 16.4. The summed E-state index contributed by atoms with van der Waals surface area (Å²) in [5, 5.41) is 0. The Morgan fingerprint density at radius 2 is 1.86 bits per heavy atom. The van der Waals surface area contributed by atoms with Gasteiger partial charge in [-0.3, -0.25) is 4.79 Å². The van der Waals surface area contributed by atoms with Gasteiger partial charge in [0.15, 0.2) is 0 Å². The van der Waals surface area contributed by atoms with E-state index >= 15 is 0 Å². The summed E-state index contributed by atoms with van der Waals surface area (Å²) in [5.41, 5.74) is 7.88. The number of nitrogen functional groups attached to an aromatic ring is 1. The van der Waals surface area contributed by atoms with Crippen molar-refractivity contribution in [2.24, 2.45) is 5.92 Å². The summed E-state index contributed by atoms with van der Waals surface area (Å²) in [6.45, 7) is 3.60. The quantitative estimate of drug-likeness (QED) is 0.658. The molecule has 0 aliphatic heterocycles. The zero-order valence-electron chi connectivity index (χ0n) is 13.2. The van der Waals surface area contributed by atoms with Crippen LogP contribution in [0.15, 0.2) is 24.3 Å². The number of nitrogens with zero attached hydrogens (tertiary/aromatic N) is 1. The highest BCUT2D eigenvalue weighted by molar-refractivity contribution is 5.79. The second kappa shape index (κ2) is 8.06. The molecule has 1 saturated carbocycles. The standard InChI is InChI=1S/C18H28N2O/c1-2-13-20(14-16-11-7-8-12-17(16)19)18(21)15-9-5-3-4-6-10-15/h7-8,11-12,15H,2-6,9-10,13-14,19H2,1H3. The molecule has 116 valence electrons. The third kappa shape index (κ3) is 4.48. The van der Waals surface area contributed by atoms with Crippen molar-refractivity contribution in [1.82, 2.24) is 4.90 Å². The Morgan fingerprint density at radius 1 is 1.19 bits per heavy atom. The second-order valence-electron chi connectivity index (χ2n) is 6.15. The Hall–Kier alpha value is -1.51. The van der Waals surface area contributed by atoms with Crippen molar-refractivity contribution in [3.05, 3.63) is 29.8 Å². The molecule has 1 aromatic rings. The van der Waals surface area contributed by atoms with Crippen molar-refractivity contribution in [2.75, 3.05) is 12.3 Å². The van der Waals surface area contributed by atoms with Gasteiger partial charge in [0.25, 0.3) is 0 Å². The summed E-state index contributed by atoms with van der Waals surface area (Å²) < 4.78 is 0. The lowest BCUT2D eigenvalue weighted by Crippen LogP contribution is -2.36. The van der Waals surface area contributed by atoms with Gasteiger partial charge < -0.3 is 10.6 Å². The summed E-state index contributed by atoms with van der Waals surface area (Å²) in [6.07, 6.45) is 8.07. The highest BCUT2D eigenvalue weighted by atomic mass is 16.2. The first-order valence-electron chi connectivity index (χ1n) is 8.34. The van der Waals surface area contributed by atoms with E-state index in [0.717, 1.165) is 37.1 Å². The molecule has 2 N–H and O–H groups in total. The average molecular weight is 288 g/mol. The second-order valence-corrected chi connectivity index (χ2v) is 6.15. The summed E-state index contributed by atoms with van der Waals surface area (Å²) in [4.78, 5) is 14.9. The van der Waals surface area contributed by atoms with Crippen LogP contribution in [-0.4, -0.2) is 17.4 Å². The van der Waals surface area contributed by atoms with Crippen molar-refractivity contribution in [3.8, 4) is 0 Å². The molecule has 1 aliphatic carbocycles. The number of carbonyl (C=O) groups is 1. The van der Waals surface area contributed by atoms with Crippen LogP contribution in [0, 0.1) is 5.92 Å². The molecule has 1 aromatic carbocycles. The summed E-state index contributed by atoms with van der Waals surface area (Å²) in [7, 11) is 0. The van der Waals surface area contributed by atoms with E-state index in [1.807, 2.05) is 29.2 Å². The van der Waals surface area contributed by atoms with E-state index in [1.165, 1.54) is 25.7 Å². The predicted molar refractivity (Wildman–Crippen MR) is 87.8 cm³/mol. The Bertz CT molecular complexity index is 450. The van der Waals surface area contributed by atoms with E-state index in [0.29, 0.717) is 12.5 Å². The Balaban J connectivity index is 2.06. The minimum atomic E-state index is 0.226. The number of rotatable bonds is 5. The predicted octanol–water partition coefficient (Wildman–Crippen LogP) is 3.98. The van der Waals surface area contributed by atoms with E-state index in [2.05, 4.69) is 6.92 Å². The van der Waals surface area contributed by atoms with Crippen molar-refractivity contribution < 1.29 is 4.79 Å². The Kier molecular flexibility index (Phi) is 6.09. The molecule has 0 heterocycles. The number of hydrogen-bond donors (Lipinski definition) is 1. The fourth-order valence-electron chi connectivity index (χ4n) is 3.21. The van der Waals surface area contributed by atoms with Crippen LogP contribution in [0.4, 0.5) is 5.69 Å². The van der Waals surface area contributed by atoms with E-state index < -0.39 is 0 Å². The average Bonchev–Trinajstić information content (AvgIpc) is 2.77. The SMILES string of the molecule is CCCN(Cc1ccccc1N)C(=O)C1CCCCCC1. The van der Waals surface area contributed by atoms with Crippen LogP contribution in [0.3, 0.4) is 0 Å². The number of nitrogens with two attached hydrogens (primary N) is 1. The fraction of sp³-hybridized carbons (Fsp3) is 0.611. The summed E-state index contributed by atoms with van der Waals surface area (Å²) in [5.74, 6) is 0.561. The van der Waals surface area contributed by atoms with Gasteiger partial charge in [-0.15, -0.1) is 0 Å². The highest BCUT2D eigenvalue weighted by Gasteiger charge is 2.25. The molecule has 1 fully saturated rings. The molecule has 0 saturated heterocycles. The van der Waals surface area contributed by atoms with Crippen LogP contribution < -0.4 is 5.73 Å². The molecule has 1 amide bonds. The monoisotopic (exact) mass is 288 g/mol. The molecule has 0 unspecified atom stereocenters. The van der Waals surface area contributed by atoms with Gasteiger partial charge in [-0.05, 0) is 30.9 Å². The molecule has 0 aromatic heterocycles. The summed E-state index contributed by atoms with van der Waals surface area (Å²) in [6, 6.07) is 7.87. The van der Waals surface area contributed by atoms with E-state index in [1.54, 1.807) is 0 Å². The number of carbonyl (C=O) groups excluding carboxylic acids is 1. The van der Waals surface area contributed by atoms with Crippen LogP contribution in [0.25, 0.3) is 0 Å². The van der Waals surface area contributed by atoms with Crippen LogP contribution in [0.1, 0.15) is 57.4 Å². The molecule has 3 heteroatoms. The maximum absolute atomic E-state index is 12.8. The zero-order chi connectivity index (χ0) is 15.1. The third-order valence-electron chi connectivity index (χ3n) is 4.43.